The summed E-state index contributed by atoms with van der Waals surface area (Å²) in [7, 11) is 0. The molecule has 154 valence electrons. The molecule has 4 aliphatic rings. The highest BCUT2D eigenvalue weighted by molar-refractivity contribution is 5.99. The summed E-state index contributed by atoms with van der Waals surface area (Å²) >= 11 is 0. The Labute approximate surface area is 170 Å². The molecule has 0 saturated carbocycles. The maximum Gasteiger partial charge on any atom is 0.155 e. The van der Waals surface area contributed by atoms with Crippen LogP contribution in [0, 0.1) is 5.41 Å². The molecule has 0 aromatic carbocycles. The largest absolute Gasteiger partial charge is 0.382 e. The summed E-state index contributed by atoms with van der Waals surface area (Å²) in [4.78, 5) is 17.9. The van der Waals surface area contributed by atoms with Gasteiger partial charge in [0.05, 0.1) is 18.5 Å². The standard InChI is InChI=1S/C20H28N8O/c21-18-17(19(22)28-9-2-3-14-15(28)4-1-7-23-14)24-13-16(26-18)27-10-5-20(6-11-27)25-8-12-29-20/h7,13,22,25H,1-6,8-12H2,(H2,21,26). The van der Waals surface area contributed by atoms with E-state index in [0.717, 1.165) is 88.5 Å². The van der Waals surface area contributed by atoms with Gasteiger partial charge in [-0.3, -0.25) is 15.7 Å². The number of anilines is 2. The molecule has 4 aliphatic heterocycles. The van der Waals surface area contributed by atoms with Gasteiger partial charge < -0.3 is 20.3 Å². The van der Waals surface area contributed by atoms with Crippen LogP contribution in [-0.2, 0) is 4.74 Å². The van der Waals surface area contributed by atoms with Crippen LogP contribution in [0.1, 0.15) is 44.2 Å². The van der Waals surface area contributed by atoms with Crippen molar-refractivity contribution in [3.05, 3.63) is 23.3 Å². The Bertz CT molecular complexity index is 863. The van der Waals surface area contributed by atoms with E-state index in [-0.39, 0.29) is 5.72 Å². The lowest BCUT2D eigenvalue weighted by Crippen LogP contribution is -2.51. The molecule has 0 aliphatic carbocycles. The highest BCUT2D eigenvalue weighted by atomic mass is 16.5. The molecule has 1 aromatic rings. The first-order valence-corrected chi connectivity index (χ1v) is 10.5. The summed E-state index contributed by atoms with van der Waals surface area (Å²) in [5.41, 5.74) is 8.79. The Morgan fingerprint density at radius 1 is 1.24 bits per heavy atom. The second kappa shape index (κ2) is 7.38. The van der Waals surface area contributed by atoms with Gasteiger partial charge in [0.2, 0.25) is 0 Å². The van der Waals surface area contributed by atoms with Gasteiger partial charge >= 0.3 is 0 Å². The van der Waals surface area contributed by atoms with Gasteiger partial charge in [-0.15, -0.1) is 0 Å². The number of piperidine rings is 1. The van der Waals surface area contributed by atoms with Gasteiger partial charge in [-0.05, 0) is 25.7 Å². The molecular weight excluding hydrogens is 368 g/mol. The third-order valence-electron chi connectivity index (χ3n) is 6.32. The average Bonchev–Trinajstić information content (AvgIpc) is 3.21. The van der Waals surface area contributed by atoms with Gasteiger partial charge in [-0.25, -0.2) is 9.97 Å². The Hall–Kier alpha value is -2.52. The van der Waals surface area contributed by atoms with Crippen LogP contribution >= 0.6 is 0 Å². The average molecular weight is 396 g/mol. The van der Waals surface area contributed by atoms with E-state index in [1.807, 2.05) is 11.1 Å². The molecule has 0 amide bonds. The normalized spacial score (nSPS) is 23.6. The van der Waals surface area contributed by atoms with Crippen molar-refractivity contribution < 1.29 is 4.74 Å². The monoisotopic (exact) mass is 396 g/mol. The van der Waals surface area contributed by atoms with Gasteiger partial charge in [0, 0.05) is 50.9 Å². The zero-order valence-corrected chi connectivity index (χ0v) is 16.7. The summed E-state index contributed by atoms with van der Waals surface area (Å²) in [5.74, 6) is 1.41. The lowest BCUT2D eigenvalue weighted by molar-refractivity contribution is -0.0288. The molecule has 0 radical (unpaired) electrons. The molecule has 0 bridgehead atoms. The molecular formula is C20H28N8O. The zero-order chi connectivity index (χ0) is 19.8. The first-order chi connectivity index (χ1) is 14.2. The number of hydrogen-bond acceptors (Lipinski definition) is 8. The number of amidine groups is 1. The number of nitrogen functional groups attached to an aromatic ring is 1. The van der Waals surface area contributed by atoms with Crippen LogP contribution in [0.2, 0.25) is 0 Å². The summed E-state index contributed by atoms with van der Waals surface area (Å²) in [6.45, 7) is 4.20. The van der Waals surface area contributed by atoms with E-state index < -0.39 is 0 Å². The topological polar surface area (TPSA) is 116 Å². The third kappa shape index (κ3) is 3.38. The molecule has 5 heterocycles. The van der Waals surface area contributed by atoms with Crippen LogP contribution in [0.15, 0.2) is 22.6 Å². The summed E-state index contributed by atoms with van der Waals surface area (Å²) in [6.07, 6.45) is 9.34. The van der Waals surface area contributed by atoms with Crippen molar-refractivity contribution in [3.8, 4) is 0 Å². The lowest BCUT2D eigenvalue weighted by Gasteiger charge is -2.39. The number of nitrogens with one attached hydrogen (secondary N) is 2. The Kier molecular flexibility index (Phi) is 4.71. The Morgan fingerprint density at radius 3 is 2.86 bits per heavy atom. The van der Waals surface area contributed by atoms with Crippen molar-refractivity contribution >= 4 is 23.7 Å². The van der Waals surface area contributed by atoms with Crippen LogP contribution in [0.4, 0.5) is 11.6 Å². The number of hydrogen-bond donors (Lipinski definition) is 3. The minimum Gasteiger partial charge on any atom is -0.382 e. The minimum absolute atomic E-state index is 0.167. The molecule has 2 saturated heterocycles. The van der Waals surface area contributed by atoms with Crippen LogP contribution in [0.5, 0.6) is 0 Å². The molecule has 4 N–H and O–H groups in total. The lowest BCUT2D eigenvalue weighted by atomic mass is 10.0. The second-order valence-corrected chi connectivity index (χ2v) is 8.07. The summed E-state index contributed by atoms with van der Waals surface area (Å²) < 4.78 is 5.90. The molecule has 0 atom stereocenters. The van der Waals surface area contributed by atoms with E-state index in [4.69, 9.17) is 15.9 Å². The van der Waals surface area contributed by atoms with Crippen molar-refractivity contribution in [3.63, 3.8) is 0 Å². The first kappa shape index (κ1) is 18.5. The van der Waals surface area contributed by atoms with Crippen molar-refractivity contribution in [2.24, 2.45) is 4.99 Å². The van der Waals surface area contributed by atoms with Crippen molar-refractivity contribution in [2.45, 2.75) is 44.2 Å². The first-order valence-electron chi connectivity index (χ1n) is 10.5. The number of nitrogens with two attached hydrogens (primary N) is 1. The predicted octanol–water partition coefficient (Wildman–Crippen LogP) is 1.47. The Morgan fingerprint density at radius 2 is 2.10 bits per heavy atom. The summed E-state index contributed by atoms with van der Waals surface area (Å²) in [5, 5.41) is 12.2. The second-order valence-electron chi connectivity index (χ2n) is 8.07. The Balaban J connectivity index is 1.32. The zero-order valence-electron chi connectivity index (χ0n) is 16.7. The van der Waals surface area contributed by atoms with Gasteiger partial charge in [0.1, 0.15) is 17.2 Å². The van der Waals surface area contributed by atoms with E-state index in [1.54, 1.807) is 6.20 Å². The van der Waals surface area contributed by atoms with Crippen molar-refractivity contribution in [1.82, 2.24) is 20.2 Å². The smallest absolute Gasteiger partial charge is 0.155 e. The van der Waals surface area contributed by atoms with E-state index in [9.17, 15) is 0 Å². The van der Waals surface area contributed by atoms with Crippen LogP contribution < -0.4 is 16.0 Å². The number of allylic oxidation sites excluding steroid dienone is 2. The van der Waals surface area contributed by atoms with E-state index in [0.29, 0.717) is 17.3 Å². The van der Waals surface area contributed by atoms with E-state index in [1.165, 1.54) is 0 Å². The minimum atomic E-state index is -0.167. The molecule has 2 fully saturated rings. The number of aliphatic imine (C=N–C) groups is 1. The van der Waals surface area contributed by atoms with Crippen LogP contribution in [0.25, 0.3) is 0 Å². The highest BCUT2D eigenvalue weighted by Gasteiger charge is 2.38. The maximum absolute atomic E-state index is 8.73. The van der Waals surface area contributed by atoms with Crippen LogP contribution in [-0.4, -0.2) is 65.4 Å². The fraction of sp³-hybridized carbons (Fsp3) is 0.600. The highest BCUT2D eigenvalue weighted by Crippen LogP contribution is 2.32. The number of ether oxygens (including phenoxy) is 1. The van der Waals surface area contributed by atoms with Crippen molar-refractivity contribution in [2.75, 3.05) is 43.4 Å². The molecule has 1 aromatic heterocycles. The van der Waals surface area contributed by atoms with Gasteiger partial charge in [-0.2, -0.15) is 0 Å². The van der Waals surface area contributed by atoms with Crippen LogP contribution in [0.3, 0.4) is 0 Å². The third-order valence-corrected chi connectivity index (χ3v) is 6.32. The fourth-order valence-electron chi connectivity index (χ4n) is 4.73. The maximum atomic E-state index is 8.73. The molecule has 9 nitrogen and oxygen atoms in total. The van der Waals surface area contributed by atoms with Gasteiger partial charge in [0.25, 0.3) is 0 Å². The predicted molar refractivity (Wildman–Crippen MR) is 112 cm³/mol. The summed E-state index contributed by atoms with van der Waals surface area (Å²) in [6, 6.07) is 0. The molecule has 5 rings (SSSR count). The number of aromatic nitrogens is 2. The number of nitrogens with zero attached hydrogens (tertiary/aromatic N) is 5. The fourth-order valence-corrected chi connectivity index (χ4v) is 4.73. The van der Waals surface area contributed by atoms with Crippen molar-refractivity contribution in [1.29, 1.82) is 5.41 Å². The molecule has 1 spiro atoms. The van der Waals surface area contributed by atoms with E-state index in [2.05, 4.69) is 25.2 Å². The number of rotatable bonds is 2. The molecule has 29 heavy (non-hydrogen) atoms. The SMILES string of the molecule is N=C(c1ncc(N2CCC3(CC2)NCCO3)nc1N)N1CCCC2=C1CCC=N2. The molecule has 9 heteroatoms. The van der Waals surface area contributed by atoms with Gasteiger partial charge in [-0.1, -0.05) is 0 Å². The van der Waals surface area contributed by atoms with Gasteiger partial charge in [0.15, 0.2) is 11.7 Å². The molecule has 0 unspecified atom stereocenters. The van der Waals surface area contributed by atoms with E-state index >= 15 is 0 Å². The quantitative estimate of drug-likeness (QED) is 0.512.